The number of nitrogens with one attached hydrogen (secondary N) is 2. The fourth-order valence-electron chi connectivity index (χ4n) is 3.71. The van der Waals surface area contributed by atoms with Crippen molar-refractivity contribution in [1.82, 2.24) is 9.97 Å². The largest absolute Gasteiger partial charge is 0.380 e. The molecule has 1 aliphatic rings. The Morgan fingerprint density at radius 3 is 2.37 bits per heavy atom. The van der Waals surface area contributed by atoms with E-state index in [0.717, 1.165) is 33.4 Å². The molecule has 0 saturated heterocycles. The zero-order valence-corrected chi connectivity index (χ0v) is 15.2. The summed E-state index contributed by atoms with van der Waals surface area (Å²) < 4.78 is 5.25. The molecule has 1 aromatic heterocycles. The zero-order valence-electron chi connectivity index (χ0n) is 15.2. The second kappa shape index (κ2) is 6.85. The molecule has 1 heterocycles. The van der Waals surface area contributed by atoms with Gasteiger partial charge >= 0.3 is 5.69 Å². The molecular formula is C22H20N2O3. The van der Waals surface area contributed by atoms with Gasteiger partial charge in [0.1, 0.15) is 0 Å². The van der Waals surface area contributed by atoms with Crippen LogP contribution in [0.15, 0.2) is 52.2 Å². The van der Waals surface area contributed by atoms with Crippen molar-refractivity contribution in [2.24, 2.45) is 0 Å². The number of H-pyrrole nitrogens is 2. The van der Waals surface area contributed by atoms with Gasteiger partial charge in [0.25, 0.3) is 5.56 Å². The van der Waals surface area contributed by atoms with E-state index >= 15 is 0 Å². The van der Waals surface area contributed by atoms with E-state index in [0.29, 0.717) is 12.2 Å². The van der Waals surface area contributed by atoms with Gasteiger partial charge in [-0.3, -0.25) is 9.78 Å². The van der Waals surface area contributed by atoms with Crippen LogP contribution in [0.25, 0.3) is 12.2 Å². The minimum absolute atomic E-state index is 0.275. The molecule has 0 amide bonds. The van der Waals surface area contributed by atoms with Crippen LogP contribution in [-0.4, -0.2) is 17.1 Å². The van der Waals surface area contributed by atoms with E-state index in [1.165, 1.54) is 6.20 Å². The summed E-state index contributed by atoms with van der Waals surface area (Å²) in [4.78, 5) is 29.1. The Morgan fingerprint density at radius 1 is 0.963 bits per heavy atom. The summed E-state index contributed by atoms with van der Waals surface area (Å²) in [5, 5.41) is 0. The molecule has 4 rings (SSSR count). The second-order valence-corrected chi connectivity index (χ2v) is 6.82. The normalized spacial score (nSPS) is 15.1. The fourth-order valence-corrected chi connectivity index (χ4v) is 3.71. The Kier molecular flexibility index (Phi) is 4.38. The highest BCUT2D eigenvalue weighted by atomic mass is 16.5. The molecule has 1 atom stereocenters. The third-order valence-corrected chi connectivity index (χ3v) is 4.93. The highest BCUT2D eigenvalue weighted by Crippen LogP contribution is 2.38. The number of hydrogen-bond acceptors (Lipinski definition) is 3. The van der Waals surface area contributed by atoms with Gasteiger partial charge in [0.2, 0.25) is 0 Å². The quantitative estimate of drug-likeness (QED) is 0.589. The standard InChI is InChI=1S/C22H20N2O3/c1-13-3-7-17-15(9-13)5-6-16-10-14(12-27-2)4-8-18(16)20(17)19-11-23-22(26)24-21(19)25/h3-11,20H,12H2,1-2H3,(H2,23,24,25,26). The molecule has 5 nitrogen and oxygen atoms in total. The molecule has 3 aromatic rings. The van der Waals surface area contributed by atoms with Gasteiger partial charge in [0.15, 0.2) is 0 Å². The molecule has 27 heavy (non-hydrogen) atoms. The number of aromatic amines is 2. The Hall–Kier alpha value is -3.18. The number of fused-ring (bicyclic) bond motifs is 2. The van der Waals surface area contributed by atoms with Gasteiger partial charge in [-0.2, -0.15) is 0 Å². The number of benzene rings is 2. The van der Waals surface area contributed by atoms with Crippen molar-refractivity contribution < 1.29 is 4.74 Å². The number of aryl methyl sites for hydroxylation is 1. The van der Waals surface area contributed by atoms with E-state index in [9.17, 15) is 9.59 Å². The smallest absolute Gasteiger partial charge is 0.325 e. The van der Waals surface area contributed by atoms with Gasteiger partial charge in [-0.05, 0) is 40.8 Å². The highest BCUT2D eigenvalue weighted by molar-refractivity contribution is 5.78. The SMILES string of the molecule is COCc1ccc2c(c1)C=Cc1cc(C)ccc1C2c1c[nH]c(=O)[nH]c1=O. The first-order valence-electron chi connectivity index (χ1n) is 8.79. The van der Waals surface area contributed by atoms with Crippen molar-refractivity contribution in [3.8, 4) is 0 Å². The lowest BCUT2D eigenvalue weighted by Crippen LogP contribution is -2.27. The summed E-state index contributed by atoms with van der Waals surface area (Å²) >= 11 is 0. The molecule has 1 unspecified atom stereocenters. The first kappa shape index (κ1) is 17.2. The van der Waals surface area contributed by atoms with Crippen molar-refractivity contribution in [1.29, 1.82) is 0 Å². The summed E-state index contributed by atoms with van der Waals surface area (Å²) in [6.07, 6.45) is 5.68. The summed E-state index contributed by atoms with van der Waals surface area (Å²) in [6.45, 7) is 2.57. The number of aromatic nitrogens is 2. The average Bonchev–Trinajstić information content (AvgIpc) is 2.79. The molecule has 2 N–H and O–H groups in total. The van der Waals surface area contributed by atoms with E-state index in [-0.39, 0.29) is 11.5 Å². The molecule has 0 saturated carbocycles. The number of rotatable bonds is 3. The maximum absolute atomic E-state index is 12.6. The second-order valence-electron chi connectivity index (χ2n) is 6.82. The zero-order chi connectivity index (χ0) is 19.0. The summed E-state index contributed by atoms with van der Waals surface area (Å²) in [7, 11) is 1.67. The molecule has 0 radical (unpaired) electrons. The first-order chi connectivity index (χ1) is 13.1. The van der Waals surface area contributed by atoms with Crippen LogP contribution in [-0.2, 0) is 11.3 Å². The molecule has 0 spiro atoms. The Morgan fingerprint density at radius 2 is 1.67 bits per heavy atom. The highest BCUT2D eigenvalue weighted by Gasteiger charge is 2.26. The van der Waals surface area contributed by atoms with Crippen molar-refractivity contribution in [3.05, 3.63) is 102 Å². The summed E-state index contributed by atoms with van der Waals surface area (Å²) in [5.41, 5.74) is 6.02. The van der Waals surface area contributed by atoms with E-state index in [1.54, 1.807) is 7.11 Å². The van der Waals surface area contributed by atoms with Crippen LogP contribution >= 0.6 is 0 Å². The van der Waals surface area contributed by atoms with Crippen molar-refractivity contribution in [2.75, 3.05) is 7.11 Å². The van der Waals surface area contributed by atoms with Crippen molar-refractivity contribution in [3.63, 3.8) is 0 Å². The number of ether oxygens (including phenoxy) is 1. The van der Waals surface area contributed by atoms with Crippen LogP contribution in [0.5, 0.6) is 0 Å². The summed E-state index contributed by atoms with van der Waals surface area (Å²) in [5.74, 6) is -0.275. The van der Waals surface area contributed by atoms with Crippen LogP contribution in [0.2, 0.25) is 0 Å². The molecule has 136 valence electrons. The fraction of sp³-hybridized carbons (Fsp3) is 0.182. The third-order valence-electron chi connectivity index (χ3n) is 4.93. The van der Waals surface area contributed by atoms with E-state index < -0.39 is 5.69 Å². The molecule has 0 bridgehead atoms. The molecule has 1 aliphatic carbocycles. The lowest BCUT2D eigenvalue weighted by Gasteiger charge is -2.21. The molecular weight excluding hydrogens is 340 g/mol. The Bertz CT molecular complexity index is 1150. The summed E-state index contributed by atoms with van der Waals surface area (Å²) in [6, 6.07) is 12.4. The average molecular weight is 360 g/mol. The van der Waals surface area contributed by atoms with Gasteiger partial charge in [0, 0.05) is 24.8 Å². The maximum Gasteiger partial charge on any atom is 0.325 e. The third kappa shape index (κ3) is 3.17. The minimum atomic E-state index is -0.504. The van der Waals surface area contributed by atoms with Gasteiger partial charge < -0.3 is 9.72 Å². The number of hydrogen-bond donors (Lipinski definition) is 2. The molecule has 0 aliphatic heterocycles. The van der Waals surface area contributed by atoms with Crippen LogP contribution in [0.3, 0.4) is 0 Å². The van der Waals surface area contributed by atoms with Crippen molar-refractivity contribution >= 4 is 12.2 Å². The van der Waals surface area contributed by atoms with E-state index in [1.807, 2.05) is 25.1 Å². The Labute approximate surface area is 156 Å². The van der Waals surface area contributed by atoms with E-state index in [2.05, 4.69) is 40.3 Å². The maximum atomic E-state index is 12.6. The van der Waals surface area contributed by atoms with Crippen LogP contribution in [0, 0.1) is 6.92 Å². The minimum Gasteiger partial charge on any atom is -0.380 e. The lowest BCUT2D eigenvalue weighted by atomic mass is 9.82. The molecule has 5 heteroatoms. The van der Waals surface area contributed by atoms with Crippen LogP contribution in [0.4, 0.5) is 0 Å². The lowest BCUT2D eigenvalue weighted by molar-refractivity contribution is 0.185. The van der Waals surface area contributed by atoms with Gasteiger partial charge in [0.05, 0.1) is 6.61 Å². The van der Waals surface area contributed by atoms with Gasteiger partial charge in [-0.25, -0.2) is 4.79 Å². The van der Waals surface area contributed by atoms with Crippen LogP contribution < -0.4 is 11.2 Å². The molecule has 2 aromatic carbocycles. The van der Waals surface area contributed by atoms with Crippen LogP contribution in [0.1, 0.15) is 44.9 Å². The van der Waals surface area contributed by atoms with Gasteiger partial charge in [-0.15, -0.1) is 0 Å². The predicted molar refractivity (Wildman–Crippen MR) is 106 cm³/mol. The van der Waals surface area contributed by atoms with Crippen molar-refractivity contribution in [2.45, 2.75) is 19.4 Å². The van der Waals surface area contributed by atoms with E-state index in [4.69, 9.17) is 4.74 Å². The van der Waals surface area contributed by atoms with Gasteiger partial charge in [-0.1, -0.05) is 48.0 Å². The predicted octanol–water partition coefficient (Wildman–Crippen LogP) is 3.18. The topological polar surface area (TPSA) is 75.0 Å². The monoisotopic (exact) mass is 360 g/mol. The Balaban J connectivity index is 2.00. The molecule has 0 fully saturated rings. The first-order valence-corrected chi connectivity index (χ1v) is 8.79. The number of methoxy groups -OCH3 is 1.